The Labute approximate surface area is 162 Å². The molecule has 0 amide bonds. The number of ether oxygens (including phenoxy) is 2. The van der Waals surface area contributed by atoms with Crippen LogP contribution in [0, 0.1) is 16.6 Å². The summed E-state index contributed by atoms with van der Waals surface area (Å²) in [5, 5.41) is 0. The number of rotatable bonds is 6. The number of benzene rings is 1. The maximum atomic E-state index is 14.5. The third-order valence-corrected chi connectivity index (χ3v) is 4.61. The maximum absolute atomic E-state index is 14.5. The van der Waals surface area contributed by atoms with Gasteiger partial charge in [0, 0.05) is 0 Å². The van der Waals surface area contributed by atoms with E-state index in [0.29, 0.717) is 12.8 Å². The molecule has 0 aliphatic heterocycles. The van der Waals surface area contributed by atoms with Crippen molar-refractivity contribution in [3.63, 3.8) is 0 Å². The normalized spacial score (nSPS) is 14.4. The van der Waals surface area contributed by atoms with Gasteiger partial charge in [-0.25, -0.2) is 14.0 Å². The second-order valence-electron chi connectivity index (χ2n) is 9.00. The summed E-state index contributed by atoms with van der Waals surface area (Å²) in [7, 11) is 0. The molecule has 0 heterocycles. The fourth-order valence-electron chi connectivity index (χ4n) is 3.03. The van der Waals surface area contributed by atoms with Crippen LogP contribution in [0.15, 0.2) is 18.2 Å². The van der Waals surface area contributed by atoms with Crippen LogP contribution in [-0.4, -0.2) is 24.1 Å². The molecule has 0 saturated carbocycles. The minimum absolute atomic E-state index is 0.105. The first kappa shape index (κ1) is 23.1. The summed E-state index contributed by atoms with van der Waals surface area (Å²) < 4.78 is 25.6. The van der Waals surface area contributed by atoms with E-state index in [1.54, 1.807) is 0 Å². The molecule has 0 saturated heterocycles. The minimum atomic E-state index is -0.842. The van der Waals surface area contributed by atoms with Gasteiger partial charge in [0.05, 0.1) is 5.56 Å². The Bertz CT molecular complexity index is 668. The quantitative estimate of drug-likeness (QED) is 0.586. The zero-order valence-electron chi connectivity index (χ0n) is 17.8. The molecular weight excluding hydrogens is 347 g/mol. The Morgan fingerprint density at radius 3 is 1.74 bits per heavy atom. The van der Waals surface area contributed by atoms with Gasteiger partial charge in [-0.1, -0.05) is 61.5 Å². The van der Waals surface area contributed by atoms with Gasteiger partial charge in [-0.3, -0.25) is 0 Å². The predicted molar refractivity (Wildman–Crippen MR) is 104 cm³/mol. The van der Waals surface area contributed by atoms with Crippen molar-refractivity contribution in [2.75, 3.05) is 0 Å². The van der Waals surface area contributed by atoms with Gasteiger partial charge >= 0.3 is 11.9 Å². The second kappa shape index (κ2) is 8.85. The summed E-state index contributed by atoms with van der Waals surface area (Å²) in [6.45, 7) is 15.5. The third kappa shape index (κ3) is 6.05. The topological polar surface area (TPSA) is 52.6 Å². The highest BCUT2D eigenvalue weighted by molar-refractivity contribution is 6.03. The van der Waals surface area contributed by atoms with Crippen molar-refractivity contribution in [3.8, 4) is 0 Å². The minimum Gasteiger partial charge on any atom is -0.458 e. The van der Waals surface area contributed by atoms with Gasteiger partial charge in [-0.05, 0) is 35.8 Å². The number of esters is 2. The highest BCUT2D eigenvalue weighted by Gasteiger charge is 2.32. The molecule has 0 aliphatic rings. The van der Waals surface area contributed by atoms with Gasteiger partial charge in [0.25, 0.3) is 0 Å². The monoisotopic (exact) mass is 380 g/mol. The van der Waals surface area contributed by atoms with E-state index < -0.39 is 23.9 Å². The van der Waals surface area contributed by atoms with Gasteiger partial charge in [-0.15, -0.1) is 0 Å². The Hall–Kier alpha value is -1.91. The van der Waals surface area contributed by atoms with Gasteiger partial charge < -0.3 is 9.47 Å². The fraction of sp³-hybridized carbons (Fsp3) is 0.636. The van der Waals surface area contributed by atoms with E-state index in [4.69, 9.17) is 9.47 Å². The number of carbonyl (C=O) groups is 2. The third-order valence-electron chi connectivity index (χ3n) is 4.61. The molecule has 0 aromatic heterocycles. The van der Waals surface area contributed by atoms with E-state index in [2.05, 4.69) is 0 Å². The lowest BCUT2D eigenvalue weighted by Gasteiger charge is -2.30. The van der Waals surface area contributed by atoms with E-state index in [1.165, 1.54) is 12.1 Å². The zero-order valence-corrected chi connectivity index (χ0v) is 17.8. The molecule has 1 aromatic rings. The largest absolute Gasteiger partial charge is 0.458 e. The van der Waals surface area contributed by atoms with E-state index in [0.717, 1.165) is 6.07 Å². The van der Waals surface area contributed by atoms with Crippen LogP contribution >= 0.6 is 0 Å². The molecule has 0 fully saturated rings. The van der Waals surface area contributed by atoms with Crippen LogP contribution in [0.5, 0.6) is 0 Å². The molecule has 5 heteroatoms. The van der Waals surface area contributed by atoms with Crippen LogP contribution in [0.25, 0.3) is 0 Å². The lowest BCUT2D eigenvalue weighted by molar-refractivity contribution is -0.00829. The Morgan fingerprint density at radius 1 is 0.889 bits per heavy atom. The highest BCUT2D eigenvalue weighted by Crippen LogP contribution is 2.29. The molecule has 0 radical (unpaired) electrons. The smallest absolute Gasteiger partial charge is 0.342 e. The van der Waals surface area contributed by atoms with Gasteiger partial charge in [0.1, 0.15) is 23.6 Å². The predicted octanol–water partition coefficient (Wildman–Crippen LogP) is 5.79. The summed E-state index contributed by atoms with van der Waals surface area (Å²) in [4.78, 5) is 25.4. The van der Waals surface area contributed by atoms with Crippen molar-refractivity contribution in [1.29, 1.82) is 0 Å². The first-order chi connectivity index (χ1) is 12.3. The van der Waals surface area contributed by atoms with Gasteiger partial charge in [-0.2, -0.15) is 0 Å². The Morgan fingerprint density at radius 2 is 1.33 bits per heavy atom. The van der Waals surface area contributed by atoms with Crippen molar-refractivity contribution in [1.82, 2.24) is 0 Å². The van der Waals surface area contributed by atoms with Crippen molar-refractivity contribution in [3.05, 3.63) is 35.1 Å². The summed E-state index contributed by atoms with van der Waals surface area (Å²) in [5.41, 5.74) is -1.03. The van der Waals surface area contributed by atoms with Crippen molar-refractivity contribution in [2.24, 2.45) is 10.8 Å². The number of hydrogen-bond donors (Lipinski definition) is 0. The van der Waals surface area contributed by atoms with Gasteiger partial charge in [0.15, 0.2) is 0 Å². The summed E-state index contributed by atoms with van der Waals surface area (Å²) in [6.07, 6.45) is 0.457. The van der Waals surface area contributed by atoms with Crippen LogP contribution in [0.1, 0.15) is 88.9 Å². The van der Waals surface area contributed by atoms with E-state index in [1.807, 2.05) is 55.4 Å². The Kier molecular flexibility index (Phi) is 7.58. The molecule has 2 unspecified atom stereocenters. The molecule has 0 aliphatic carbocycles. The highest BCUT2D eigenvalue weighted by atomic mass is 19.1. The first-order valence-electron chi connectivity index (χ1n) is 9.53. The molecule has 0 N–H and O–H groups in total. The average Bonchev–Trinajstić information content (AvgIpc) is 2.54. The molecule has 1 aromatic carbocycles. The lowest BCUT2D eigenvalue weighted by Crippen LogP contribution is -2.33. The number of carbonyl (C=O) groups excluding carboxylic acids is 2. The average molecular weight is 381 g/mol. The summed E-state index contributed by atoms with van der Waals surface area (Å²) >= 11 is 0. The van der Waals surface area contributed by atoms with Gasteiger partial charge in [0.2, 0.25) is 0 Å². The summed E-state index contributed by atoms with van der Waals surface area (Å²) in [6, 6.07) is 3.93. The molecule has 0 spiro atoms. The number of hydrogen-bond acceptors (Lipinski definition) is 4. The van der Waals surface area contributed by atoms with Crippen LogP contribution in [0.4, 0.5) is 4.39 Å². The SMILES string of the molecule is CCC(OC(=O)c1cccc(F)c1C(=O)OC(CC)C(C)(C)C)C(C)(C)C. The fourth-order valence-corrected chi connectivity index (χ4v) is 3.03. The maximum Gasteiger partial charge on any atom is 0.342 e. The van der Waals surface area contributed by atoms with Crippen molar-refractivity contribution in [2.45, 2.75) is 80.4 Å². The van der Waals surface area contributed by atoms with E-state index in [-0.39, 0.29) is 28.1 Å². The van der Waals surface area contributed by atoms with Crippen LogP contribution < -0.4 is 0 Å². The Balaban J connectivity index is 3.20. The standard InChI is InChI=1S/C22H33FO4/c1-9-16(21(3,4)5)26-19(24)14-12-11-13-15(23)18(14)20(25)27-17(10-2)22(6,7)8/h11-13,16-17H,9-10H2,1-8H3. The second-order valence-corrected chi connectivity index (χ2v) is 9.00. The molecule has 0 bridgehead atoms. The van der Waals surface area contributed by atoms with Crippen LogP contribution in [0.3, 0.4) is 0 Å². The first-order valence-corrected chi connectivity index (χ1v) is 9.53. The summed E-state index contributed by atoms with van der Waals surface area (Å²) in [5.74, 6) is -2.35. The molecule has 152 valence electrons. The van der Waals surface area contributed by atoms with Crippen molar-refractivity contribution >= 4 is 11.9 Å². The molecule has 27 heavy (non-hydrogen) atoms. The van der Waals surface area contributed by atoms with Crippen LogP contribution in [-0.2, 0) is 9.47 Å². The van der Waals surface area contributed by atoms with Crippen LogP contribution in [0.2, 0.25) is 0 Å². The van der Waals surface area contributed by atoms with E-state index in [9.17, 15) is 14.0 Å². The van der Waals surface area contributed by atoms with Crippen molar-refractivity contribution < 1.29 is 23.5 Å². The zero-order chi connectivity index (χ0) is 21.0. The number of halogens is 1. The molecular formula is C22H33FO4. The molecule has 1 rings (SSSR count). The van der Waals surface area contributed by atoms with E-state index >= 15 is 0 Å². The molecule has 2 atom stereocenters. The molecule has 4 nitrogen and oxygen atoms in total. The lowest BCUT2D eigenvalue weighted by atomic mass is 9.87.